The van der Waals surface area contributed by atoms with E-state index in [9.17, 15) is 0 Å². The SMILES string of the molecule is CCc1cc(-c2cnc(Nc3ncc(CN4CCN(CC)CC4)cn3)s2)nc(OC2CCC3(CC2)COC3)n1. The highest BCUT2D eigenvalue weighted by atomic mass is 32.1. The van der Waals surface area contributed by atoms with Crippen molar-refractivity contribution in [1.82, 2.24) is 34.7 Å². The lowest BCUT2D eigenvalue weighted by atomic mass is 9.72. The highest BCUT2D eigenvalue weighted by molar-refractivity contribution is 7.18. The summed E-state index contributed by atoms with van der Waals surface area (Å²) in [6.45, 7) is 12.6. The monoisotopic (exact) mass is 550 g/mol. The van der Waals surface area contributed by atoms with Crippen molar-refractivity contribution in [2.75, 3.05) is 51.3 Å². The molecule has 0 atom stereocenters. The van der Waals surface area contributed by atoms with E-state index in [4.69, 9.17) is 14.5 Å². The maximum absolute atomic E-state index is 6.28. The summed E-state index contributed by atoms with van der Waals surface area (Å²) in [5.74, 6) is 0.545. The molecular formula is C28H38N8O2S. The van der Waals surface area contributed by atoms with E-state index in [0.29, 0.717) is 17.4 Å². The normalized spacial score (nSPS) is 20.2. The molecule has 5 heterocycles. The molecule has 11 heteroatoms. The predicted molar refractivity (Wildman–Crippen MR) is 151 cm³/mol. The Bertz CT molecular complexity index is 1230. The first-order valence-electron chi connectivity index (χ1n) is 14.2. The number of rotatable bonds is 9. The van der Waals surface area contributed by atoms with Crippen LogP contribution in [0.1, 0.15) is 50.8 Å². The van der Waals surface area contributed by atoms with Gasteiger partial charge in [0.25, 0.3) is 0 Å². The maximum atomic E-state index is 6.28. The van der Waals surface area contributed by atoms with Gasteiger partial charge in [0, 0.05) is 68.0 Å². The van der Waals surface area contributed by atoms with Gasteiger partial charge in [-0.2, -0.15) is 4.98 Å². The highest BCUT2D eigenvalue weighted by Gasteiger charge is 2.42. The van der Waals surface area contributed by atoms with Crippen molar-refractivity contribution in [3.63, 3.8) is 0 Å². The summed E-state index contributed by atoms with van der Waals surface area (Å²) in [6.07, 6.45) is 11.0. The van der Waals surface area contributed by atoms with E-state index >= 15 is 0 Å². The molecule has 0 bridgehead atoms. The molecule has 39 heavy (non-hydrogen) atoms. The second-order valence-corrected chi connectivity index (χ2v) is 12.0. The molecule has 10 nitrogen and oxygen atoms in total. The lowest BCUT2D eigenvalue weighted by Gasteiger charge is -2.45. The van der Waals surface area contributed by atoms with E-state index in [0.717, 1.165) is 112 Å². The van der Waals surface area contributed by atoms with Gasteiger partial charge in [-0.3, -0.25) is 4.90 Å². The topological polar surface area (TPSA) is 101 Å². The van der Waals surface area contributed by atoms with Crippen molar-refractivity contribution in [3.8, 4) is 16.6 Å². The van der Waals surface area contributed by atoms with Gasteiger partial charge in [-0.05, 0) is 44.7 Å². The van der Waals surface area contributed by atoms with Crippen LogP contribution in [0.2, 0.25) is 0 Å². The molecule has 208 valence electrons. The first kappa shape index (κ1) is 26.5. The van der Waals surface area contributed by atoms with Crippen LogP contribution in [0.5, 0.6) is 6.01 Å². The fourth-order valence-electron chi connectivity index (χ4n) is 5.55. The van der Waals surface area contributed by atoms with Gasteiger partial charge >= 0.3 is 6.01 Å². The van der Waals surface area contributed by atoms with Gasteiger partial charge in [-0.1, -0.05) is 25.2 Å². The summed E-state index contributed by atoms with van der Waals surface area (Å²) in [4.78, 5) is 28.9. The van der Waals surface area contributed by atoms with E-state index in [1.54, 1.807) is 0 Å². The van der Waals surface area contributed by atoms with Crippen LogP contribution in [0, 0.1) is 5.41 Å². The van der Waals surface area contributed by atoms with E-state index in [-0.39, 0.29) is 6.10 Å². The number of ether oxygens (including phenoxy) is 2. The van der Waals surface area contributed by atoms with Gasteiger partial charge in [0.2, 0.25) is 5.95 Å². The molecule has 1 aliphatic carbocycles. The second kappa shape index (κ2) is 11.8. The molecule has 3 fully saturated rings. The Morgan fingerprint density at radius 2 is 1.74 bits per heavy atom. The van der Waals surface area contributed by atoms with Gasteiger partial charge in [0.05, 0.1) is 23.8 Å². The Morgan fingerprint density at radius 1 is 1.00 bits per heavy atom. The molecule has 3 aromatic rings. The molecule has 2 aliphatic heterocycles. The van der Waals surface area contributed by atoms with Crippen LogP contribution >= 0.6 is 11.3 Å². The quantitative estimate of drug-likeness (QED) is 0.418. The van der Waals surface area contributed by atoms with E-state index in [1.165, 1.54) is 11.3 Å². The minimum Gasteiger partial charge on any atom is -0.460 e. The van der Waals surface area contributed by atoms with Gasteiger partial charge < -0.3 is 19.7 Å². The molecule has 0 amide bonds. The van der Waals surface area contributed by atoms with Gasteiger partial charge in [0.1, 0.15) is 6.10 Å². The molecule has 1 N–H and O–H groups in total. The fraction of sp³-hybridized carbons (Fsp3) is 0.607. The zero-order valence-corrected chi connectivity index (χ0v) is 23.8. The third kappa shape index (κ3) is 6.37. The van der Waals surface area contributed by atoms with Crippen LogP contribution in [-0.4, -0.2) is 86.8 Å². The van der Waals surface area contributed by atoms with Crippen LogP contribution in [0.3, 0.4) is 0 Å². The molecule has 0 radical (unpaired) electrons. The van der Waals surface area contributed by atoms with Crippen molar-refractivity contribution < 1.29 is 9.47 Å². The van der Waals surface area contributed by atoms with Crippen molar-refractivity contribution in [3.05, 3.63) is 35.9 Å². The Hall–Kier alpha value is -2.73. The Labute approximate surface area is 234 Å². The maximum Gasteiger partial charge on any atom is 0.317 e. The lowest BCUT2D eigenvalue weighted by Crippen LogP contribution is -2.46. The predicted octanol–water partition coefficient (Wildman–Crippen LogP) is 4.17. The minimum atomic E-state index is 0.163. The van der Waals surface area contributed by atoms with Gasteiger partial charge in [0.15, 0.2) is 5.13 Å². The average molecular weight is 551 g/mol. The summed E-state index contributed by atoms with van der Waals surface area (Å²) in [5.41, 5.74) is 3.33. The highest BCUT2D eigenvalue weighted by Crippen LogP contribution is 2.43. The number of thiazole rings is 1. The van der Waals surface area contributed by atoms with Crippen molar-refractivity contribution >= 4 is 22.4 Å². The van der Waals surface area contributed by atoms with Crippen LogP contribution in [-0.2, 0) is 17.7 Å². The molecule has 3 aliphatic rings. The standard InChI is InChI=1S/C28H38N8O2S/c1-3-21-13-23(33-26(32-21)38-22-5-7-28(8-6-22)18-37-19-28)24-16-31-27(39-24)34-25-29-14-20(15-30-25)17-36-11-9-35(4-2)10-12-36/h13-16,22H,3-12,17-19H2,1-2H3,(H,29,30,31,34). The number of hydrogen-bond donors (Lipinski definition) is 1. The number of nitrogens with zero attached hydrogens (tertiary/aromatic N) is 7. The van der Waals surface area contributed by atoms with Crippen LogP contribution < -0.4 is 10.1 Å². The Balaban J connectivity index is 1.07. The zero-order valence-electron chi connectivity index (χ0n) is 22.9. The number of piperazine rings is 1. The molecule has 6 rings (SSSR count). The molecule has 1 spiro atoms. The summed E-state index contributed by atoms with van der Waals surface area (Å²) in [7, 11) is 0. The van der Waals surface area contributed by atoms with Crippen molar-refractivity contribution in [2.45, 2.75) is 58.6 Å². The fourth-order valence-corrected chi connectivity index (χ4v) is 6.32. The number of nitrogens with one attached hydrogen (secondary N) is 1. The minimum absolute atomic E-state index is 0.163. The summed E-state index contributed by atoms with van der Waals surface area (Å²) in [6, 6.07) is 2.49. The Kier molecular flexibility index (Phi) is 8.01. The van der Waals surface area contributed by atoms with Crippen LogP contribution in [0.15, 0.2) is 24.7 Å². The van der Waals surface area contributed by atoms with Gasteiger partial charge in [-0.15, -0.1) is 0 Å². The third-order valence-electron chi connectivity index (χ3n) is 8.20. The summed E-state index contributed by atoms with van der Waals surface area (Å²) in [5, 5.41) is 3.98. The molecule has 0 aromatic carbocycles. The zero-order chi connectivity index (χ0) is 26.7. The number of aromatic nitrogens is 5. The molecule has 0 unspecified atom stereocenters. The Morgan fingerprint density at radius 3 is 2.41 bits per heavy atom. The summed E-state index contributed by atoms with van der Waals surface area (Å²) < 4.78 is 11.7. The molecule has 1 saturated carbocycles. The third-order valence-corrected chi connectivity index (χ3v) is 9.14. The number of hydrogen-bond acceptors (Lipinski definition) is 11. The second-order valence-electron chi connectivity index (χ2n) is 11.0. The molecule has 2 saturated heterocycles. The van der Waals surface area contributed by atoms with Crippen LogP contribution in [0.25, 0.3) is 10.6 Å². The van der Waals surface area contributed by atoms with Crippen molar-refractivity contribution in [1.29, 1.82) is 0 Å². The van der Waals surface area contributed by atoms with E-state index in [1.807, 2.05) is 24.7 Å². The average Bonchev–Trinajstić information content (AvgIpc) is 3.42. The largest absolute Gasteiger partial charge is 0.460 e. The first-order chi connectivity index (χ1) is 19.1. The van der Waals surface area contributed by atoms with Crippen molar-refractivity contribution in [2.24, 2.45) is 5.41 Å². The number of anilines is 2. The van der Waals surface area contributed by atoms with E-state index < -0.39 is 0 Å². The molecule has 3 aromatic heterocycles. The van der Waals surface area contributed by atoms with E-state index in [2.05, 4.69) is 48.9 Å². The smallest absolute Gasteiger partial charge is 0.317 e. The summed E-state index contributed by atoms with van der Waals surface area (Å²) >= 11 is 1.53. The number of likely N-dealkylation sites (N-methyl/N-ethyl adjacent to an activating group) is 1. The number of aryl methyl sites for hydroxylation is 1. The lowest BCUT2D eigenvalue weighted by molar-refractivity contribution is -0.140. The van der Waals surface area contributed by atoms with Crippen LogP contribution in [0.4, 0.5) is 11.1 Å². The first-order valence-corrected chi connectivity index (χ1v) is 15.0. The van der Waals surface area contributed by atoms with Gasteiger partial charge in [-0.25, -0.2) is 19.9 Å². The molecular weight excluding hydrogens is 512 g/mol.